The number of aromatic nitrogens is 2. The predicted molar refractivity (Wildman–Crippen MR) is 65.4 cm³/mol. The maximum atomic E-state index is 11.5. The van der Waals surface area contributed by atoms with Crippen molar-refractivity contribution in [1.82, 2.24) is 15.3 Å². The molecule has 1 atom stereocenters. The largest absolute Gasteiger partial charge is 0.311 e. The molecule has 17 heavy (non-hydrogen) atoms. The third-order valence-electron chi connectivity index (χ3n) is 3.17. The van der Waals surface area contributed by atoms with Crippen LogP contribution in [0.1, 0.15) is 34.9 Å². The lowest BCUT2D eigenvalue weighted by Gasteiger charge is -2.20. The molecule has 0 aromatic carbocycles. The normalized spacial score (nSPS) is 17.6. The molecule has 2 rings (SSSR count). The monoisotopic (exact) mass is 255 g/mol. The first-order chi connectivity index (χ1) is 7.89. The Balaban J connectivity index is 2.48. The summed E-state index contributed by atoms with van der Waals surface area (Å²) in [6.07, 6.45) is 2.13. The molecule has 0 bridgehead atoms. The van der Waals surface area contributed by atoms with Crippen LogP contribution in [0.5, 0.6) is 0 Å². The summed E-state index contributed by atoms with van der Waals surface area (Å²) in [6, 6.07) is 0. The van der Waals surface area contributed by atoms with Gasteiger partial charge in [0, 0.05) is 18.5 Å². The van der Waals surface area contributed by atoms with Gasteiger partial charge in [0.15, 0.2) is 9.84 Å². The van der Waals surface area contributed by atoms with Crippen molar-refractivity contribution in [1.29, 1.82) is 0 Å². The molecule has 94 valence electrons. The van der Waals surface area contributed by atoms with Crippen LogP contribution in [-0.4, -0.2) is 31.2 Å². The molecule has 0 aliphatic carbocycles. The van der Waals surface area contributed by atoms with Gasteiger partial charge >= 0.3 is 0 Å². The van der Waals surface area contributed by atoms with E-state index in [1.807, 2.05) is 6.92 Å². The molecule has 1 aromatic rings. The molecule has 0 amide bonds. The highest BCUT2D eigenvalue weighted by Gasteiger charge is 2.23. The summed E-state index contributed by atoms with van der Waals surface area (Å²) in [5, 5.41) is 2.59. The van der Waals surface area contributed by atoms with Crippen LogP contribution in [0, 0.1) is 6.92 Å². The van der Waals surface area contributed by atoms with Crippen LogP contribution in [0.2, 0.25) is 0 Å². The quantitative estimate of drug-likeness (QED) is 0.835. The highest BCUT2D eigenvalue weighted by molar-refractivity contribution is 7.90. The molecule has 1 aromatic heterocycles. The number of sulfone groups is 1. The zero-order chi connectivity index (χ0) is 12.6. The third-order valence-corrected chi connectivity index (χ3v) is 4.66. The number of aryl methyl sites for hydroxylation is 1. The fraction of sp³-hybridized carbons (Fsp3) is 0.636. The van der Waals surface area contributed by atoms with Crippen molar-refractivity contribution in [3.05, 3.63) is 22.8 Å². The second kappa shape index (κ2) is 4.34. The summed E-state index contributed by atoms with van der Waals surface area (Å²) >= 11 is 0. The highest BCUT2D eigenvalue weighted by atomic mass is 32.2. The minimum Gasteiger partial charge on any atom is -0.311 e. The number of nitrogens with one attached hydrogen (secondary N) is 1. The SMILES string of the molecule is Cc1nc(C(C)S(C)(=O)=O)nc2c1CCNC2. The Kier molecular flexibility index (Phi) is 3.18. The molecular weight excluding hydrogens is 238 g/mol. The topological polar surface area (TPSA) is 72.0 Å². The fourth-order valence-corrected chi connectivity index (χ4v) is 2.43. The number of hydrogen-bond acceptors (Lipinski definition) is 5. The van der Waals surface area contributed by atoms with Gasteiger partial charge in [-0.3, -0.25) is 0 Å². The second-order valence-corrected chi connectivity index (χ2v) is 6.86. The van der Waals surface area contributed by atoms with Gasteiger partial charge < -0.3 is 5.32 Å². The van der Waals surface area contributed by atoms with Gasteiger partial charge in [0.1, 0.15) is 11.1 Å². The molecule has 0 saturated carbocycles. The summed E-state index contributed by atoms with van der Waals surface area (Å²) in [4.78, 5) is 8.72. The van der Waals surface area contributed by atoms with Gasteiger partial charge in [-0.15, -0.1) is 0 Å². The second-order valence-electron chi connectivity index (χ2n) is 4.49. The smallest absolute Gasteiger partial charge is 0.157 e. The van der Waals surface area contributed by atoms with Gasteiger partial charge in [-0.1, -0.05) is 0 Å². The summed E-state index contributed by atoms with van der Waals surface area (Å²) in [7, 11) is -3.14. The van der Waals surface area contributed by atoms with Crippen molar-refractivity contribution < 1.29 is 8.42 Å². The first-order valence-corrected chi connectivity index (χ1v) is 7.61. The molecule has 0 radical (unpaired) electrons. The van der Waals surface area contributed by atoms with Crippen molar-refractivity contribution in [3.8, 4) is 0 Å². The Morgan fingerprint density at radius 3 is 2.71 bits per heavy atom. The molecule has 0 spiro atoms. The summed E-state index contributed by atoms with van der Waals surface area (Å²) < 4.78 is 23.0. The Morgan fingerprint density at radius 1 is 1.35 bits per heavy atom. The molecule has 0 fully saturated rings. The molecule has 1 aliphatic rings. The molecule has 1 N–H and O–H groups in total. The zero-order valence-corrected chi connectivity index (χ0v) is 11.1. The molecule has 1 aliphatic heterocycles. The maximum Gasteiger partial charge on any atom is 0.157 e. The highest BCUT2D eigenvalue weighted by Crippen LogP contribution is 2.21. The van der Waals surface area contributed by atoms with E-state index in [0.29, 0.717) is 12.4 Å². The van der Waals surface area contributed by atoms with Crippen molar-refractivity contribution in [2.45, 2.75) is 32.1 Å². The fourth-order valence-electron chi connectivity index (χ4n) is 1.94. The lowest BCUT2D eigenvalue weighted by atomic mass is 10.0. The average molecular weight is 255 g/mol. The van der Waals surface area contributed by atoms with E-state index in [-0.39, 0.29) is 0 Å². The first-order valence-electron chi connectivity index (χ1n) is 5.65. The third kappa shape index (κ3) is 2.47. The Hall–Kier alpha value is -1.01. The van der Waals surface area contributed by atoms with Gasteiger partial charge in [-0.05, 0) is 32.4 Å². The van der Waals surface area contributed by atoms with Crippen LogP contribution < -0.4 is 5.32 Å². The van der Waals surface area contributed by atoms with Crippen LogP contribution in [0.4, 0.5) is 0 Å². The minimum absolute atomic E-state index is 0.410. The maximum absolute atomic E-state index is 11.5. The van der Waals surface area contributed by atoms with Crippen LogP contribution in [-0.2, 0) is 22.8 Å². The Labute approximate surface area is 102 Å². The molecule has 1 unspecified atom stereocenters. The van der Waals surface area contributed by atoms with E-state index in [1.165, 1.54) is 6.26 Å². The van der Waals surface area contributed by atoms with Crippen molar-refractivity contribution >= 4 is 9.84 Å². The minimum atomic E-state index is -3.14. The van der Waals surface area contributed by atoms with Crippen molar-refractivity contribution in [2.24, 2.45) is 0 Å². The lowest BCUT2D eigenvalue weighted by molar-refractivity contribution is 0.583. The summed E-state index contributed by atoms with van der Waals surface area (Å²) in [5.41, 5.74) is 3.00. The van der Waals surface area contributed by atoms with Crippen LogP contribution >= 0.6 is 0 Å². The van der Waals surface area contributed by atoms with E-state index in [4.69, 9.17) is 0 Å². The Bertz CT molecular complexity index is 540. The van der Waals surface area contributed by atoms with E-state index < -0.39 is 15.1 Å². The van der Waals surface area contributed by atoms with E-state index in [2.05, 4.69) is 15.3 Å². The Morgan fingerprint density at radius 2 is 2.06 bits per heavy atom. The van der Waals surface area contributed by atoms with Gasteiger partial charge in [-0.25, -0.2) is 18.4 Å². The standard InChI is InChI=1S/C11H17N3O2S/c1-7-9-4-5-12-6-10(9)14-11(13-7)8(2)17(3,15)16/h8,12H,4-6H2,1-3H3. The first kappa shape index (κ1) is 12.4. The van der Waals surface area contributed by atoms with E-state index in [0.717, 1.165) is 29.9 Å². The summed E-state index contributed by atoms with van der Waals surface area (Å²) in [6.45, 7) is 5.18. The van der Waals surface area contributed by atoms with Crippen molar-refractivity contribution in [2.75, 3.05) is 12.8 Å². The zero-order valence-electron chi connectivity index (χ0n) is 10.3. The van der Waals surface area contributed by atoms with E-state index >= 15 is 0 Å². The molecule has 2 heterocycles. The lowest BCUT2D eigenvalue weighted by Crippen LogP contribution is -2.27. The van der Waals surface area contributed by atoms with Gasteiger partial charge in [0.05, 0.1) is 5.69 Å². The molecule has 5 nitrogen and oxygen atoms in total. The molecular formula is C11H17N3O2S. The number of nitrogens with zero attached hydrogens (tertiary/aromatic N) is 2. The number of rotatable bonds is 2. The predicted octanol–water partition coefficient (Wildman–Crippen LogP) is 0.536. The number of fused-ring (bicyclic) bond motifs is 1. The molecule has 6 heteroatoms. The average Bonchev–Trinajstić information content (AvgIpc) is 2.27. The van der Waals surface area contributed by atoms with Gasteiger partial charge in [0.25, 0.3) is 0 Å². The van der Waals surface area contributed by atoms with Gasteiger partial charge in [-0.2, -0.15) is 0 Å². The van der Waals surface area contributed by atoms with Crippen molar-refractivity contribution in [3.63, 3.8) is 0 Å². The van der Waals surface area contributed by atoms with Crippen LogP contribution in [0.25, 0.3) is 0 Å². The van der Waals surface area contributed by atoms with Crippen LogP contribution in [0.15, 0.2) is 0 Å². The van der Waals surface area contributed by atoms with E-state index in [1.54, 1.807) is 6.92 Å². The summed E-state index contributed by atoms with van der Waals surface area (Å²) in [5.74, 6) is 0.410. The number of hydrogen-bond donors (Lipinski definition) is 1. The van der Waals surface area contributed by atoms with Gasteiger partial charge in [0.2, 0.25) is 0 Å². The molecule has 0 saturated heterocycles. The van der Waals surface area contributed by atoms with Crippen LogP contribution in [0.3, 0.4) is 0 Å². The van der Waals surface area contributed by atoms with E-state index in [9.17, 15) is 8.42 Å².